The fraction of sp³-hybridized carbons (Fsp3) is 0.875. The molecule has 0 saturated heterocycles. The summed E-state index contributed by atoms with van der Waals surface area (Å²) in [5.41, 5.74) is 0. The molecule has 0 spiro atoms. The molecule has 0 fully saturated rings. The first-order valence-electron chi connectivity index (χ1n) is 4.30. The first-order chi connectivity index (χ1) is 6.04. The summed E-state index contributed by atoms with van der Waals surface area (Å²) in [7, 11) is 0. The Bertz CT molecular complexity index is 162. The molecule has 0 amide bonds. The van der Waals surface area contributed by atoms with Crippen molar-refractivity contribution in [2.24, 2.45) is 0 Å². The van der Waals surface area contributed by atoms with Crippen LogP contribution in [0.4, 0.5) is 8.78 Å². The molecule has 0 heterocycles. The third-order valence-electron chi connectivity index (χ3n) is 1.35. The monoisotopic (exact) mass is 195 g/mol. The fourth-order valence-electron chi connectivity index (χ4n) is 0.731. The Morgan fingerprint density at radius 3 is 2.54 bits per heavy atom. The number of carbonyl (C=O) groups is 1. The van der Waals surface area contributed by atoms with Crippen LogP contribution in [0.25, 0.3) is 0 Å². The lowest BCUT2D eigenvalue weighted by Crippen LogP contribution is -2.41. The van der Waals surface area contributed by atoms with Gasteiger partial charge in [0.1, 0.15) is 0 Å². The van der Waals surface area contributed by atoms with E-state index in [0.29, 0.717) is 6.54 Å². The van der Waals surface area contributed by atoms with Gasteiger partial charge in [0.25, 0.3) is 0 Å². The molecule has 5 heteroatoms. The van der Waals surface area contributed by atoms with Crippen LogP contribution in [-0.2, 0) is 9.53 Å². The first kappa shape index (κ1) is 12.3. The van der Waals surface area contributed by atoms with E-state index in [-0.39, 0.29) is 6.61 Å². The molecule has 0 bridgehead atoms. The Balaban J connectivity index is 3.83. The number of rotatable bonds is 6. The third-order valence-corrected chi connectivity index (χ3v) is 1.35. The molecule has 0 aromatic heterocycles. The molecule has 0 unspecified atom stereocenters. The van der Waals surface area contributed by atoms with Crippen molar-refractivity contribution in [3.63, 3.8) is 0 Å². The van der Waals surface area contributed by atoms with Gasteiger partial charge in [-0.25, -0.2) is 4.79 Å². The summed E-state index contributed by atoms with van der Waals surface area (Å²) in [5.74, 6) is -4.87. The maximum atomic E-state index is 12.8. The van der Waals surface area contributed by atoms with Gasteiger partial charge in [0.15, 0.2) is 0 Å². The van der Waals surface area contributed by atoms with Gasteiger partial charge in [-0.05, 0) is 19.9 Å². The molecule has 0 atom stereocenters. The summed E-state index contributed by atoms with van der Waals surface area (Å²) in [4.78, 5) is 10.6. The standard InChI is InChI=1S/C8H15F2NO2/c1-3-5-11-6-8(9,10)7(12)13-4-2/h11H,3-6H2,1-2H3. The minimum atomic E-state index is -3.41. The molecule has 0 aromatic rings. The van der Waals surface area contributed by atoms with Crippen LogP contribution in [0.3, 0.4) is 0 Å². The van der Waals surface area contributed by atoms with E-state index in [0.717, 1.165) is 6.42 Å². The van der Waals surface area contributed by atoms with Gasteiger partial charge in [-0.15, -0.1) is 0 Å². The van der Waals surface area contributed by atoms with Crippen molar-refractivity contribution in [3.05, 3.63) is 0 Å². The van der Waals surface area contributed by atoms with E-state index >= 15 is 0 Å². The van der Waals surface area contributed by atoms with Gasteiger partial charge < -0.3 is 10.1 Å². The van der Waals surface area contributed by atoms with E-state index in [1.54, 1.807) is 0 Å². The highest BCUT2D eigenvalue weighted by Crippen LogP contribution is 2.13. The second-order valence-corrected chi connectivity index (χ2v) is 2.60. The summed E-state index contributed by atoms with van der Waals surface area (Å²) in [6.07, 6.45) is 0.749. The van der Waals surface area contributed by atoms with Crippen LogP contribution >= 0.6 is 0 Å². The zero-order valence-electron chi connectivity index (χ0n) is 7.90. The van der Waals surface area contributed by atoms with Crippen molar-refractivity contribution >= 4 is 5.97 Å². The number of ether oxygens (including phenoxy) is 1. The van der Waals surface area contributed by atoms with E-state index in [4.69, 9.17) is 0 Å². The molecule has 0 rings (SSSR count). The van der Waals surface area contributed by atoms with Gasteiger partial charge in [-0.2, -0.15) is 8.78 Å². The van der Waals surface area contributed by atoms with E-state index in [2.05, 4.69) is 10.1 Å². The van der Waals surface area contributed by atoms with Crippen LogP contribution in [-0.4, -0.2) is 31.6 Å². The topological polar surface area (TPSA) is 38.3 Å². The number of halogens is 2. The first-order valence-corrected chi connectivity index (χ1v) is 4.30. The summed E-state index contributed by atoms with van der Waals surface area (Å²) >= 11 is 0. The Morgan fingerprint density at radius 1 is 1.46 bits per heavy atom. The molecule has 0 aliphatic rings. The molecular formula is C8H15F2NO2. The van der Waals surface area contributed by atoms with Crippen molar-refractivity contribution in [1.29, 1.82) is 0 Å². The van der Waals surface area contributed by atoms with Gasteiger partial charge in [0.2, 0.25) is 0 Å². The normalized spacial score (nSPS) is 11.4. The van der Waals surface area contributed by atoms with Crippen molar-refractivity contribution in [2.45, 2.75) is 26.2 Å². The molecule has 1 N–H and O–H groups in total. The molecule has 0 aromatic carbocycles. The van der Waals surface area contributed by atoms with Crippen molar-refractivity contribution in [3.8, 4) is 0 Å². The smallest absolute Gasteiger partial charge is 0.378 e. The lowest BCUT2D eigenvalue weighted by molar-refractivity contribution is -0.170. The zero-order chi connectivity index (χ0) is 10.3. The molecule has 13 heavy (non-hydrogen) atoms. The van der Waals surface area contributed by atoms with Gasteiger partial charge >= 0.3 is 11.9 Å². The van der Waals surface area contributed by atoms with Crippen LogP contribution < -0.4 is 5.32 Å². The quantitative estimate of drug-likeness (QED) is 0.511. The number of esters is 1. The maximum Gasteiger partial charge on any atom is 0.378 e. The number of nitrogens with one attached hydrogen (secondary N) is 1. The average Bonchev–Trinajstić information content (AvgIpc) is 2.05. The fourth-order valence-corrected chi connectivity index (χ4v) is 0.731. The Morgan fingerprint density at radius 2 is 2.08 bits per heavy atom. The number of hydrogen-bond donors (Lipinski definition) is 1. The summed E-state index contributed by atoms with van der Waals surface area (Å²) < 4.78 is 29.8. The molecule has 0 saturated carbocycles. The van der Waals surface area contributed by atoms with E-state index in [1.807, 2.05) is 6.92 Å². The van der Waals surface area contributed by atoms with Gasteiger partial charge in [0.05, 0.1) is 13.2 Å². The SMILES string of the molecule is CCCNCC(F)(F)C(=O)OCC. The predicted octanol–water partition coefficient (Wildman–Crippen LogP) is 1.18. The van der Waals surface area contributed by atoms with E-state index in [1.165, 1.54) is 6.92 Å². The Kier molecular flexibility index (Phi) is 5.53. The Labute approximate surface area is 76.4 Å². The predicted molar refractivity (Wildman–Crippen MR) is 44.7 cm³/mol. The molecule has 0 radical (unpaired) electrons. The maximum absolute atomic E-state index is 12.8. The van der Waals surface area contributed by atoms with Gasteiger partial charge in [-0.1, -0.05) is 6.92 Å². The second-order valence-electron chi connectivity index (χ2n) is 2.60. The summed E-state index contributed by atoms with van der Waals surface area (Å²) in [6.45, 7) is 3.14. The minimum absolute atomic E-state index is 0.0256. The van der Waals surface area contributed by atoms with Crippen LogP contribution in [0.5, 0.6) is 0 Å². The lowest BCUT2D eigenvalue weighted by Gasteiger charge is -2.14. The highest BCUT2D eigenvalue weighted by molar-refractivity contribution is 5.77. The largest absolute Gasteiger partial charge is 0.462 e. The molecule has 0 aliphatic heterocycles. The number of carbonyl (C=O) groups excluding carboxylic acids is 1. The zero-order valence-corrected chi connectivity index (χ0v) is 7.90. The van der Waals surface area contributed by atoms with Crippen LogP contribution in [0, 0.1) is 0 Å². The minimum Gasteiger partial charge on any atom is -0.462 e. The highest BCUT2D eigenvalue weighted by Gasteiger charge is 2.39. The molecule has 78 valence electrons. The summed E-state index contributed by atoms with van der Waals surface area (Å²) in [5, 5.41) is 2.46. The average molecular weight is 195 g/mol. The Hall–Kier alpha value is -0.710. The van der Waals surface area contributed by atoms with Crippen LogP contribution in [0.2, 0.25) is 0 Å². The van der Waals surface area contributed by atoms with Crippen molar-refractivity contribution in [1.82, 2.24) is 5.32 Å². The van der Waals surface area contributed by atoms with Crippen molar-refractivity contribution in [2.75, 3.05) is 19.7 Å². The van der Waals surface area contributed by atoms with Crippen LogP contribution in [0.15, 0.2) is 0 Å². The van der Waals surface area contributed by atoms with Crippen LogP contribution in [0.1, 0.15) is 20.3 Å². The number of hydrogen-bond acceptors (Lipinski definition) is 3. The summed E-state index contributed by atoms with van der Waals surface area (Å²) in [6, 6.07) is 0. The molecular weight excluding hydrogens is 180 g/mol. The molecule has 0 aliphatic carbocycles. The number of alkyl halides is 2. The van der Waals surface area contributed by atoms with E-state index < -0.39 is 18.4 Å². The highest BCUT2D eigenvalue weighted by atomic mass is 19.3. The molecule has 3 nitrogen and oxygen atoms in total. The van der Waals surface area contributed by atoms with Gasteiger partial charge in [0, 0.05) is 0 Å². The van der Waals surface area contributed by atoms with Gasteiger partial charge in [-0.3, -0.25) is 0 Å². The van der Waals surface area contributed by atoms with Crippen molar-refractivity contribution < 1.29 is 18.3 Å². The van der Waals surface area contributed by atoms with E-state index in [9.17, 15) is 13.6 Å². The second kappa shape index (κ2) is 5.85. The third kappa shape index (κ3) is 4.77. The lowest BCUT2D eigenvalue weighted by atomic mass is 10.3.